The van der Waals surface area contributed by atoms with Crippen molar-refractivity contribution in [2.24, 2.45) is 0 Å². The summed E-state index contributed by atoms with van der Waals surface area (Å²) in [7, 11) is -1.13. The third-order valence-electron chi connectivity index (χ3n) is 4.95. The van der Waals surface area contributed by atoms with Crippen molar-refractivity contribution < 1.29 is 32.5 Å². The number of carbonyl (C=O) groups excluding carboxylic acids is 1. The summed E-state index contributed by atoms with van der Waals surface area (Å²) in [4.78, 5) is 12.8. The van der Waals surface area contributed by atoms with Crippen LogP contribution < -0.4 is 14.8 Å². The normalized spacial score (nSPS) is 15.8. The molecule has 0 spiro atoms. The van der Waals surface area contributed by atoms with Crippen molar-refractivity contribution in [1.29, 1.82) is 0 Å². The second-order valence-corrected chi connectivity index (χ2v) is 8.80. The number of aliphatic hydroxyl groups is 1. The number of hydrogen-bond acceptors (Lipinski definition) is 7. The molecule has 1 atom stereocenters. The van der Waals surface area contributed by atoms with E-state index in [9.17, 15) is 18.3 Å². The molecule has 0 bridgehead atoms. The Morgan fingerprint density at radius 2 is 1.84 bits per heavy atom. The Hall–Kier alpha value is -2.66. The summed E-state index contributed by atoms with van der Waals surface area (Å²) in [5.41, 5.74) is 0.643. The van der Waals surface area contributed by atoms with Gasteiger partial charge in [0, 0.05) is 25.7 Å². The van der Waals surface area contributed by atoms with Crippen molar-refractivity contribution in [3.63, 3.8) is 0 Å². The summed E-state index contributed by atoms with van der Waals surface area (Å²) in [6.07, 6.45) is -0.918. The van der Waals surface area contributed by atoms with E-state index in [-0.39, 0.29) is 41.6 Å². The van der Waals surface area contributed by atoms with Gasteiger partial charge in [-0.1, -0.05) is 30.3 Å². The van der Waals surface area contributed by atoms with E-state index in [2.05, 4.69) is 5.32 Å². The standard InChI is InChI=1S/C21H26N2O7S/c1-28-19-13-16(31(26,27)23-8-10-30-11-9-23)12-17(20(19)29-2)21(25)22-14-18(24)15-6-4-3-5-7-15/h3-7,12-13,18,24H,8-11,14H2,1-2H3,(H,22,25). The van der Waals surface area contributed by atoms with Crippen LogP contribution in [0.2, 0.25) is 0 Å². The van der Waals surface area contributed by atoms with Gasteiger partial charge in [0.1, 0.15) is 0 Å². The van der Waals surface area contributed by atoms with Crippen molar-refractivity contribution in [3.05, 3.63) is 53.6 Å². The molecular weight excluding hydrogens is 424 g/mol. The van der Waals surface area contributed by atoms with Crippen LogP contribution in [0.15, 0.2) is 47.4 Å². The van der Waals surface area contributed by atoms with Crippen LogP contribution >= 0.6 is 0 Å². The fourth-order valence-electron chi connectivity index (χ4n) is 3.27. The van der Waals surface area contributed by atoms with Crippen LogP contribution in [0.4, 0.5) is 0 Å². The Balaban J connectivity index is 1.89. The topological polar surface area (TPSA) is 114 Å². The van der Waals surface area contributed by atoms with Crippen LogP contribution in [0.1, 0.15) is 22.0 Å². The monoisotopic (exact) mass is 450 g/mol. The number of hydrogen-bond donors (Lipinski definition) is 2. The molecule has 0 aliphatic carbocycles. The molecule has 168 valence electrons. The van der Waals surface area contributed by atoms with Crippen LogP contribution in [0.25, 0.3) is 0 Å². The first-order valence-corrected chi connectivity index (χ1v) is 11.2. The van der Waals surface area contributed by atoms with Gasteiger partial charge in [0.2, 0.25) is 10.0 Å². The number of nitrogens with one attached hydrogen (secondary N) is 1. The Morgan fingerprint density at radius 1 is 1.16 bits per heavy atom. The summed E-state index contributed by atoms with van der Waals surface area (Å²) in [6, 6.07) is 11.5. The summed E-state index contributed by atoms with van der Waals surface area (Å²) in [6.45, 7) is 0.992. The molecule has 1 aliphatic rings. The fraction of sp³-hybridized carbons (Fsp3) is 0.381. The molecule has 31 heavy (non-hydrogen) atoms. The van der Waals surface area contributed by atoms with Crippen LogP contribution in [0.3, 0.4) is 0 Å². The fourth-order valence-corrected chi connectivity index (χ4v) is 4.72. The van der Waals surface area contributed by atoms with Crippen molar-refractivity contribution in [2.75, 3.05) is 47.1 Å². The highest BCUT2D eigenvalue weighted by Crippen LogP contribution is 2.35. The number of methoxy groups -OCH3 is 2. The van der Waals surface area contributed by atoms with Gasteiger partial charge in [-0.2, -0.15) is 4.31 Å². The molecule has 0 saturated carbocycles. The SMILES string of the molecule is COc1cc(S(=O)(=O)N2CCOCC2)cc(C(=O)NCC(O)c2ccccc2)c1OC. The zero-order valence-electron chi connectivity index (χ0n) is 17.4. The van der Waals surface area contributed by atoms with Gasteiger partial charge in [0.25, 0.3) is 5.91 Å². The van der Waals surface area contributed by atoms with E-state index >= 15 is 0 Å². The lowest BCUT2D eigenvalue weighted by atomic mass is 10.1. The zero-order chi connectivity index (χ0) is 22.4. The minimum Gasteiger partial charge on any atom is -0.493 e. The number of rotatable bonds is 8. The molecule has 2 aromatic carbocycles. The lowest BCUT2D eigenvalue weighted by Crippen LogP contribution is -2.40. The lowest BCUT2D eigenvalue weighted by Gasteiger charge is -2.26. The maximum Gasteiger partial charge on any atom is 0.255 e. The third kappa shape index (κ3) is 5.16. The number of carbonyl (C=O) groups is 1. The Morgan fingerprint density at radius 3 is 2.45 bits per heavy atom. The molecule has 1 amide bonds. The summed E-state index contributed by atoms with van der Waals surface area (Å²) >= 11 is 0. The molecule has 1 fully saturated rings. The number of nitrogens with zero attached hydrogens (tertiary/aromatic N) is 1. The van der Waals surface area contributed by atoms with E-state index in [1.165, 1.54) is 30.7 Å². The highest BCUT2D eigenvalue weighted by atomic mass is 32.2. The maximum absolute atomic E-state index is 13.1. The Kier molecular flexibility index (Phi) is 7.50. The van der Waals surface area contributed by atoms with Gasteiger partial charge in [0.15, 0.2) is 11.5 Å². The molecule has 9 nitrogen and oxygen atoms in total. The lowest BCUT2D eigenvalue weighted by molar-refractivity contribution is 0.0730. The molecule has 1 aliphatic heterocycles. The first-order chi connectivity index (χ1) is 14.9. The van der Waals surface area contributed by atoms with Gasteiger partial charge >= 0.3 is 0 Å². The van der Waals surface area contributed by atoms with Crippen molar-refractivity contribution >= 4 is 15.9 Å². The quantitative estimate of drug-likeness (QED) is 0.621. The first-order valence-electron chi connectivity index (χ1n) is 9.73. The molecule has 0 radical (unpaired) electrons. The molecule has 10 heteroatoms. The Bertz CT molecular complexity index is 1010. The number of benzene rings is 2. The van der Waals surface area contributed by atoms with Crippen molar-refractivity contribution in [1.82, 2.24) is 9.62 Å². The summed E-state index contributed by atoms with van der Waals surface area (Å²) in [5, 5.41) is 12.9. The van der Waals surface area contributed by atoms with Gasteiger partial charge in [-0.3, -0.25) is 4.79 Å². The summed E-state index contributed by atoms with van der Waals surface area (Å²) < 4.78 is 43.3. The van der Waals surface area contributed by atoms with Gasteiger partial charge < -0.3 is 24.6 Å². The van der Waals surface area contributed by atoms with E-state index in [4.69, 9.17) is 14.2 Å². The molecule has 2 aromatic rings. The van der Waals surface area contributed by atoms with Crippen molar-refractivity contribution in [3.8, 4) is 11.5 Å². The van der Waals surface area contributed by atoms with E-state index in [1.807, 2.05) is 6.07 Å². The molecule has 2 N–H and O–H groups in total. The smallest absolute Gasteiger partial charge is 0.255 e. The second-order valence-electron chi connectivity index (χ2n) is 6.86. The maximum atomic E-state index is 13.1. The first kappa shape index (κ1) is 23.0. The van der Waals surface area contributed by atoms with E-state index in [1.54, 1.807) is 24.3 Å². The van der Waals surface area contributed by atoms with Gasteiger partial charge in [-0.15, -0.1) is 0 Å². The van der Waals surface area contributed by atoms with Crippen molar-refractivity contribution in [2.45, 2.75) is 11.0 Å². The van der Waals surface area contributed by atoms with E-state index in [0.717, 1.165) is 0 Å². The molecule has 0 aromatic heterocycles. The zero-order valence-corrected chi connectivity index (χ0v) is 18.2. The highest BCUT2D eigenvalue weighted by Gasteiger charge is 2.30. The second kappa shape index (κ2) is 10.1. The van der Waals surface area contributed by atoms with Crippen LogP contribution in [0.5, 0.6) is 11.5 Å². The predicted molar refractivity (Wildman–Crippen MR) is 113 cm³/mol. The number of amides is 1. The minimum absolute atomic E-state index is 0.00561. The number of ether oxygens (including phenoxy) is 3. The van der Waals surface area contributed by atoms with Gasteiger partial charge in [0.05, 0.1) is 44.0 Å². The molecule has 1 saturated heterocycles. The Labute approximate surface area is 181 Å². The molecule has 1 heterocycles. The van der Waals surface area contributed by atoms with E-state index < -0.39 is 22.0 Å². The average molecular weight is 451 g/mol. The minimum atomic E-state index is -3.86. The summed E-state index contributed by atoms with van der Waals surface area (Å²) in [5.74, 6) is -0.370. The highest BCUT2D eigenvalue weighted by molar-refractivity contribution is 7.89. The average Bonchev–Trinajstić information content (AvgIpc) is 2.82. The number of aliphatic hydroxyl groups excluding tert-OH is 1. The van der Waals surface area contributed by atoms with Gasteiger partial charge in [-0.05, 0) is 11.6 Å². The largest absolute Gasteiger partial charge is 0.493 e. The third-order valence-corrected chi connectivity index (χ3v) is 6.82. The molecule has 3 rings (SSSR count). The van der Waals surface area contributed by atoms with Crippen LogP contribution in [-0.2, 0) is 14.8 Å². The molecular formula is C21H26N2O7S. The van der Waals surface area contributed by atoms with Gasteiger partial charge in [-0.25, -0.2) is 8.42 Å². The van der Waals surface area contributed by atoms with Crippen LogP contribution in [0, 0.1) is 0 Å². The number of morpholine rings is 1. The predicted octanol–water partition coefficient (Wildman–Crippen LogP) is 1.19. The van der Waals surface area contributed by atoms with Crippen LogP contribution in [-0.4, -0.2) is 70.8 Å². The van der Waals surface area contributed by atoms with E-state index in [0.29, 0.717) is 18.8 Å². The number of sulfonamides is 1. The molecule has 1 unspecified atom stereocenters.